The van der Waals surface area contributed by atoms with Gasteiger partial charge in [0.15, 0.2) is 5.57 Å². The molecule has 0 fully saturated rings. The van der Waals surface area contributed by atoms with E-state index in [4.69, 9.17) is 4.74 Å². The zero-order valence-electron chi connectivity index (χ0n) is 13.5. The normalized spacial score (nSPS) is 11.0. The van der Waals surface area contributed by atoms with Gasteiger partial charge in [-0.15, -0.1) is 0 Å². The second-order valence-electron chi connectivity index (χ2n) is 4.91. The van der Waals surface area contributed by atoms with E-state index in [-0.39, 0.29) is 12.2 Å². The Morgan fingerprint density at radius 1 is 1.08 bits per heavy atom. The average molecular weight is 321 g/mol. The number of nitrogens with zero attached hydrogens (tertiary/aromatic N) is 1. The molecule has 0 spiro atoms. The summed E-state index contributed by atoms with van der Waals surface area (Å²) in [6.45, 7) is 2.39. The zero-order valence-corrected chi connectivity index (χ0v) is 13.5. The molecule has 2 aromatic rings. The average Bonchev–Trinajstić information content (AvgIpc) is 2.62. The van der Waals surface area contributed by atoms with E-state index in [0.29, 0.717) is 12.4 Å². The van der Waals surface area contributed by atoms with Crippen LogP contribution in [-0.4, -0.2) is 12.6 Å². The summed E-state index contributed by atoms with van der Waals surface area (Å²) in [6, 6.07) is 21.0. The Bertz CT molecular complexity index is 734. The molecule has 0 radical (unpaired) electrons. The van der Waals surface area contributed by atoms with Crippen LogP contribution in [0.25, 0.3) is 0 Å². The number of para-hydroxylation sites is 1. The van der Waals surface area contributed by atoms with Crippen LogP contribution in [0.3, 0.4) is 0 Å². The van der Waals surface area contributed by atoms with Crippen LogP contribution in [0.5, 0.6) is 0 Å². The first-order chi connectivity index (χ1) is 11.7. The van der Waals surface area contributed by atoms with Gasteiger partial charge in [-0.3, -0.25) is 0 Å². The third kappa shape index (κ3) is 4.89. The number of nitriles is 1. The molecule has 0 aromatic heterocycles. The maximum Gasteiger partial charge on any atom is 0.352 e. The lowest BCUT2D eigenvalue weighted by Gasteiger charge is -2.15. The molecule has 5 heteroatoms. The molecule has 0 amide bonds. The summed E-state index contributed by atoms with van der Waals surface area (Å²) in [6.07, 6.45) is 0. The number of hydrogen-bond donors (Lipinski definition) is 2. The smallest absolute Gasteiger partial charge is 0.352 e. The van der Waals surface area contributed by atoms with Gasteiger partial charge in [0.05, 0.1) is 6.61 Å². The van der Waals surface area contributed by atoms with Crippen LogP contribution in [0.1, 0.15) is 12.5 Å². The molecule has 2 aromatic carbocycles. The summed E-state index contributed by atoms with van der Waals surface area (Å²) >= 11 is 0. The molecule has 0 unspecified atom stereocenters. The number of anilines is 1. The molecule has 0 aliphatic rings. The lowest BCUT2D eigenvalue weighted by Crippen LogP contribution is -2.24. The highest BCUT2D eigenvalue weighted by Gasteiger charge is 2.17. The number of carbonyl (C=O) groups is 1. The summed E-state index contributed by atoms with van der Waals surface area (Å²) in [7, 11) is 0. The van der Waals surface area contributed by atoms with Crippen molar-refractivity contribution in [2.75, 3.05) is 11.9 Å². The fourth-order valence-electron chi connectivity index (χ4n) is 2.05. The lowest BCUT2D eigenvalue weighted by molar-refractivity contribution is -0.138. The number of benzene rings is 2. The van der Waals surface area contributed by atoms with Crippen molar-refractivity contribution in [2.24, 2.45) is 0 Å². The van der Waals surface area contributed by atoms with Crippen LogP contribution in [-0.2, 0) is 16.1 Å². The van der Waals surface area contributed by atoms with E-state index >= 15 is 0 Å². The highest BCUT2D eigenvalue weighted by atomic mass is 16.5. The number of ether oxygens (including phenoxy) is 1. The molecule has 2 rings (SSSR count). The van der Waals surface area contributed by atoms with Gasteiger partial charge in [-0.05, 0) is 24.6 Å². The third-order valence-corrected chi connectivity index (χ3v) is 3.20. The van der Waals surface area contributed by atoms with Crippen molar-refractivity contribution >= 4 is 11.7 Å². The first-order valence-electron chi connectivity index (χ1n) is 7.66. The first-order valence-corrected chi connectivity index (χ1v) is 7.66. The predicted molar refractivity (Wildman–Crippen MR) is 92.6 cm³/mol. The Morgan fingerprint density at radius 2 is 1.71 bits per heavy atom. The minimum absolute atomic E-state index is 0.0864. The van der Waals surface area contributed by atoms with E-state index in [0.717, 1.165) is 11.3 Å². The maximum atomic E-state index is 12.0. The molecule has 0 saturated heterocycles. The SMILES string of the molecule is CCOC(=O)C(C#N)=C(NCc1ccccc1)Nc1ccccc1. The summed E-state index contributed by atoms with van der Waals surface area (Å²) in [5, 5.41) is 15.6. The fraction of sp³-hybridized carbons (Fsp3) is 0.158. The van der Waals surface area contributed by atoms with E-state index in [1.54, 1.807) is 6.92 Å². The summed E-state index contributed by atoms with van der Waals surface area (Å²) < 4.78 is 4.97. The van der Waals surface area contributed by atoms with Gasteiger partial charge in [-0.2, -0.15) is 5.26 Å². The van der Waals surface area contributed by atoms with Crippen molar-refractivity contribution in [3.05, 3.63) is 77.6 Å². The topological polar surface area (TPSA) is 74.2 Å². The van der Waals surface area contributed by atoms with Crippen molar-refractivity contribution in [3.63, 3.8) is 0 Å². The van der Waals surface area contributed by atoms with E-state index < -0.39 is 5.97 Å². The minimum Gasteiger partial charge on any atom is -0.462 e. The van der Waals surface area contributed by atoms with Gasteiger partial charge in [0.2, 0.25) is 0 Å². The van der Waals surface area contributed by atoms with E-state index in [2.05, 4.69) is 10.6 Å². The molecule has 0 bridgehead atoms. The summed E-state index contributed by atoms with van der Waals surface area (Å²) in [5.74, 6) is -0.329. The van der Waals surface area contributed by atoms with Gasteiger partial charge < -0.3 is 15.4 Å². The van der Waals surface area contributed by atoms with Crippen molar-refractivity contribution in [1.29, 1.82) is 5.26 Å². The molecular formula is C19H19N3O2. The van der Waals surface area contributed by atoms with Crippen LogP contribution in [0, 0.1) is 11.3 Å². The monoisotopic (exact) mass is 321 g/mol. The lowest BCUT2D eigenvalue weighted by atomic mass is 10.2. The number of esters is 1. The Hall–Kier alpha value is -3.26. The molecule has 0 saturated carbocycles. The quantitative estimate of drug-likeness (QED) is 0.465. The Morgan fingerprint density at radius 3 is 2.29 bits per heavy atom. The zero-order chi connectivity index (χ0) is 17.2. The minimum atomic E-state index is -0.654. The van der Waals surface area contributed by atoms with Crippen LogP contribution < -0.4 is 10.6 Å². The van der Waals surface area contributed by atoms with Crippen molar-refractivity contribution < 1.29 is 9.53 Å². The van der Waals surface area contributed by atoms with E-state index in [9.17, 15) is 10.1 Å². The van der Waals surface area contributed by atoms with Crippen LogP contribution in [0.4, 0.5) is 5.69 Å². The number of hydrogen-bond acceptors (Lipinski definition) is 5. The van der Waals surface area contributed by atoms with E-state index in [1.807, 2.05) is 66.7 Å². The van der Waals surface area contributed by atoms with Crippen molar-refractivity contribution in [3.8, 4) is 6.07 Å². The molecule has 0 heterocycles. The fourth-order valence-corrected chi connectivity index (χ4v) is 2.05. The van der Waals surface area contributed by atoms with E-state index in [1.165, 1.54) is 0 Å². The van der Waals surface area contributed by atoms with Gasteiger partial charge in [-0.1, -0.05) is 48.5 Å². The number of nitrogens with one attached hydrogen (secondary N) is 2. The molecule has 0 aliphatic carbocycles. The van der Waals surface area contributed by atoms with Gasteiger partial charge in [0.1, 0.15) is 11.9 Å². The van der Waals surface area contributed by atoms with Crippen LogP contribution in [0.2, 0.25) is 0 Å². The van der Waals surface area contributed by atoms with Crippen LogP contribution in [0.15, 0.2) is 72.1 Å². The van der Waals surface area contributed by atoms with Gasteiger partial charge >= 0.3 is 5.97 Å². The molecule has 5 nitrogen and oxygen atoms in total. The number of carbonyl (C=O) groups excluding carboxylic acids is 1. The Labute approximate surface area is 141 Å². The van der Waals surface area contributed by atoms with Crippen molar-refractivity contribution in [2.45, 2.75) is 13.5 Å². The Kier molecular flexibility index (Phi) is 6.42. The number of rotatable bonds is 7. The Balaban J connectivity index is 2.26. The maximum absolute atomic E-state index is 12.0. The molecule has 0 aliphatic heterocycles. The summed E-state index contributed by atoms with van der Waals surface area (Å²) in [4.78, 5) is 12.0. The third-order valence-electron chi connectivity index (χ3n) is 3.20. The second-order valence-corrected chi connectivity index (χ2v) is 4.91. The first kappa shape index (κ1) is 17.1. The standard InChI is InChI=1S/C19H19N3O2/c1-2-24-19(23)17(13-20)18(22-16-11-7-4-8-12-16)21-14-15-9-5-3-6-10-15/h3-12,21-22H,2,14H2,1H3. The molecule has 2 N–H and O–H groups in total. The van der Waals surface area contributed by atoms with Gasteiger partial charge in [0, 0.05) is 12.2 Å². The molecular weight excluding hydrogens is 302 g/mol. The molecule has 24 heavy (non-hydrogen) atoms. The largest absolute Gasteiger partial charge is 0.462 e. The molecule has 122 valence electrons. The van der Waals surface area contributed by atoms with Crippen molar-refractivity contribution in [1.82, 2.24) is 5.32 Å². The van der Waals surface area contributed by atoms with Gasteiger partial charge in [0.25, 0.3) is 0 Å². The predicted octanol–water partition coefficient (Wildman–Crippen LogP) is 3.19. The summed E-state index contributed by atoms with van der Waals surface area (Å²) in [5.41, 5.74) is 1.72. The van der Waals surface area contributed by atoms with Crippen LogP contribution >= 0.6 is 0 Å². The highest BCUT2D eigenvalue weighted by Crippen LogP contribution is 2.12. The highest BCUT2D eigenvalue weighted by molar-refractivity contribution is 5.94. The molecule has 0 atom stereocenters. The van der Waals surface area contributed by atoms with Gasteiger partial charge in [-0.25, -0.2) is 4.79 Å². The second kappa shape index (κ2) is 9.01.